The molecule has 0 aromatic rings. The number of unbranched alkanes of at least 4 members (excludes halogenated alkanes) is 19. The van der Waals surface area contributed by atoms with E-state index in [-0.39, 0.29) is 19.4 Å². The maximum absolute atomic E-state index is 12.6. The SMILES string of the molecule is CC/C=C\C/C=C\C/C=C\CCCCCCCC(=O)OC(COC(=O)CCCCCCCCC/C=C\CCCCCCCCC)COP(=O)(O)OCC(O)CO. The van der Waals surface area contributed by atoms with Crippen LogP contribution in [0.3, 0.4) is 0 Å². The van der Waals surface area contributed by atoms with E-state index in [9.17, 15) is 24.2 Å². The summed E-state index contributed by atoms with van der Waals surface area (Å²) in [6.07, 6.45) is 43.6. The topological polar surface area (TPSA) is 149 Å². The van der Waals surface area contributed by atoms with Crippen molar-refractivity contribution < 1.29 is 47.8 Å². The third-order valence-corrected chi connectivity index (χ3v) is 10.2. The molecule has 0 aliphatic carbocycles. The summed E-state index contributed by atoms with van der Waals surface area (Å²) in [5.74, 6) is -0.949. The second kappa shape index (κ2) is 41.1. The van der Waals surface area contributed by atoms with Gasteiger partial charge in [0.2, 0.25) is 0 Å². The van der Waals surface area contributed by atoms with Gasteiger partial charge >= 0.3 is 19.8 Å². The van der Waals surface area contributed by atoms with E-state index in [4.69, 9.17) is 19.1 Å². The molecule has 0 saturated carbocycles. The molecule has 0 heterocycles. The number of carbonyl (C=O) groups is 2. The number of phosphoric ester groups is 1. The molecule has 0 aromatic carbocycles. The van der Waals surface area contributed by atoms with E-state index in [1.54, 1.807) is 0 Å². The van der Waals surface area contributed by atoms with E-state index in [0.29, 0.717) is 12.8 Å². The van der Waals surface area contributed by atoms with E-state index >= 15 is 0 Å². The molecule has 0 spiro atoms. The first-order chi connectivity index (χ1) is 27.2. The highest BCUT2D eigenvalue weighted by molar-refractivity contribution is 7.47. The highest BCUT2D eigenvalue weighted by atomic mass is 31.2. The van der Waals surface area contributed by atoms with Crippen LogP contribution in [-0.4, -0.2) is 65.7 Å². The fourth-order valence-corrected chi connectivity index (χ4v) is 6.62. The normalized spacial score (nSPS) is 14.3. The van der Waals surface area contributed by atoms with Crippen LogP contribution in [0.4, 0.5) is 0 Å². The summed E-state index contributed by atoms with van der Waals surface area (Å²) in [6.45, 7) is 2.24. The number of hydrogen-bond acceptors (Lipinski definition) is 9. The standard InChI is InChI=1S/C45H81O10P/c1-3-5-7-9-11-13-15-17-19-20-21-23-24-26-28-30-32-34-36-44(48)52-40-43(41-54-56(50,51)53-39-42(47)38-46)55-45(49)37-35-33-31-29-27-25-22-18-16-14-12-10-8-6-4-2/h6,8,12,14,18-20,22,42-43,46-47H,3-5,7,9-11,13,15-17,21,23-41H2,1-2H3,(H,50,51)/b8-6-,14-12-,20-19-,22-18-. The van der Waals surface area contributed by atoms with Crippen LogP contribution in [0.25, 0.3) is 0 Å². The van der Waals surface area contributed by atoms with Crippen LogP contribution in [0.2, 0.25) is 0 Å². The first kappa shape index (κ1) is 53.9. The Morgan fingerprint density at radius 3 is 1.50 bits per heavy atom. The van der Waals surface area contributed by atoms with Crippen LogP contribution in [0, 0.1) is 0 Å². The van der Waals surface area contributed by atoms with Crippen molar-refractivity contribution in [2.45, 2.75) is 199 Å². The molecule has 3 atom stereocenters. The van der Waals surface area contributed by atoms with Gasteiger partial charge in [-0.2, -0.15) is 0 Å². The fourth-order valence-electron chi connectivity index (χ4n) is 5.83. The number of ether oxygens (including phenoxy) is 2. The van der Waals surface area contributed by atoms with Crippen LogP contribution in [-0.2, 0) is 32.7 Å². The van der Waals surface area contributed by atoms with E-state index in [1.165, 1.54) is 70.6 Å². The Bertz CT molecular complexity index is 1070. The molecule has 0 aliphatic rings. The van der Waals surface area contributed by atoms with Crippen LogP contribution in [0.5, 0.6) is 0 Å². The number of allylic oxidation sites excluding steroid dienone is 8. The minimum absolute atomic E-state index is 0.163. The van der Waals surface area contributed by atoms with Crippen molar-refractivity contribution in [1.29, 1.82) is 0 Å². The molecular weight excluding hydrogens is 731 g/mol. The molecule has 0 amide bonds. The van der Waals surface area contributed by atoms with Gasteiger partial charge in [-0.3, -0.25) is 18.6 Å². The molecule has 0 fully saturated rings. The van der Waals surface area contributed by atoms with Gasteiger partial charge < -0.3 is 24.6 Å². The van der Waals surface area contributed by atoms with Crippen molar-refractivity contribution in [2.24, 2.45) is 0 Å². The van der Waals surface area contributed by atoms with Gasteiger partial charge in [0.05, 0.1) is 19.8 Å². The second-order valence-electron chi connectivity index (χ2n) is 14.7. The van der Waals surface area contributed by atoms with E-state index in [0.717, 1.165) is 77.0 Å². The van der Waals surface area contributed by atoms with Crippen molar-refractivity contribution in [3.05, 3.63) is 48.6 Å². The van der Waals surface area contributed by atoms with Crippen LogP contribution >= 0.6 is 7.82 Å². The molecular formula is C45H81O10P. The summed E-state index contributed by atoms with van der Waals surface area (Å²) >= 11 is 0. The van der Waals surface area contributed by atoms with Gasteiger partial charge in [0.15, 0.2) is 6.10 Å². The second-order valence-corrected chi connectivity index (χ2v) is 16.1. The first-order valence-electron chi connectivity index (χ1n) is 22.1. The first-order valence-corrected chi connectivity index (χ1v) is 23.6. The summed E-state index contributed by atoms with van der Waals surface area (Å²) in [4.78, 5) is 35.0. The minimum atomic E-state index is -4.62. The minimum Gasteiger partial charge on any atom is -0.462 e. The lowest BCUT2D eigenvalue weighted by molar-refractivity contribution is -0.161. The molecule has 0 radical (unpaired) electrons. The summed E-state index contributed by atoms with van der Waals surface area (Å²) in [5.41, 5.74) is 0. The molecule has 0 bridgehead atoms. The lowest BCUT2D eigenvalue weighted by atomic mass is 10.1. The molecule has 3 N–H and O–H groups in total. The number of hydrogen-bond donors (Lipinski definition) is 3. The highest BCUT2D eigenvalue weighted by Crippen LogP contribution is 2.43. The lowest BCUT2D eigenvalue weighted by Crippen LogP contribution is -2.29. The summed E-state index contributed by atoms with van der Waals surface area (Å²) in [6, 6.07) is 0. The zero-order valence-electron chi connectivity index (χ0n) is 35.3. The quantitative estimate of drug-likeness (QED) is 0.0236. The van der Waals surface area contributed by atoms with Gasteiger partial charge in [0.25, 0.3) is 0 Å². The van der Waals surface area contributed by atoms with Crippen molar-refractivity contribution in [2.75, 3.05) is 26.4 Å². The van der Waals surface area contributed by atoms with Gasteiger partial charge in [0.1, 0.15) is 12.7 Å². The predicted octanol–water partition coefficient (Wildman–Crippen LogP) is 11.7. The third-order valence-electron chi connectivity index (χ3n) is 9.22. The van der Waals surface area contributed by atoms with Crippen LogP contribution in [0.15, 0.2) is 48.6 Å². The van der Waals surface area contributed by atoms with Crippen molar-refractivity contribution in [3.63, 3.8) is 0 Å². The van der Waals surface area contributed by atoms with Gasteiger partial charge in [0, 0.05) is 12.8 Å². The number of carbonyl (C=O) groups excluding carboxylic acids is 2. The molecule has 0 aliphatic heterocycles. The number of esters is 2. The van der Waals surface area contributed by atoms with E-state index < -0.39 is 51.8 Å². The summed E-state index contributed by atoms with van der Waals surface area (Å²) in [5, 5.41) is 18.3. The van der Waals surface area contributed by atoms with Gasteiger partial charge in [-0.25, -0.2) is 4.57 Å². The largest absolute Gasteiger partial charge is 0.472 e. The van der Waals surface area contributed by atoms with Crippen LogP contribution < -0.4 is 0 Å². The van der Waals surface area contributed by atoms with Crippen LogP contribution in [0.1, 0.15) is 187 Å². The Balaban J connectivity index is 4.30. The molecule has 56 heavy (non-hydrogen) atoms. The zero-order chi connectivity index (χ0) is 41.2. The number of aliphatic hydroxyl groups excluding tert-OH is 2. The molecule has 0 rings (SSSR count). The number of aliphatic hydroxyl groups is 2. The van der Waals surface area contributed by atoms with Crippen molar-refractivity contribution >= 4 is 19.8 Å². The molecule has 0 aromatic heterocycles. The number of phosphoric acid groups is 1. The van der Waals surface area contributed by atoms with E-state index in [1.807, 2.05) is 0 Å². The Labute approximate surface area is 341 Å². The number of rotatable bonds is 41. The lowest BCUT2D eigenvalue weighted by Gasteiger charge is -2.20. The van der Waals surface area contributed by atoms with E-state index in [2.05, 4.69) is 67.0 Å². The monoisotopic (exact) mass is 813 g/mol. The Kier molecular flexibility index (Phi) is 39.6. The van der Waals surface area contributed by atoms with Crippen molar-refractivity contribution in [3.8, 4) is 0 Å². The highest BCUT2D eigenvalue weighted by Gasteiger charge is 2.27. The van der Waals surface area contributed by atoms with Gasteiger partial charge in [-0.15, -0.1) is 0 Å². The Morgan fingerprint density at radius 1 is 0.554 bits per heavy atom. The molecule has 10 nitrogen and oxygen atoms in total. The fraction of sp³-hybridized carbons (Fsp3) is 0.778. The Hall–Kier alpha value is -2.07. The maximum Gasteiger partial charge on any atom is 0.472 e. The summed E-state index contributed by atoms with van der Waals surface area (Å²) < 4.78 is 32.7. The summed E-state index contributed by atoms with van der Waals surface area (Å²) in [7, 11) is -4.62. The predicted molar refractivity (Wildman–Crippen MR) is 228 cm³/mol. The average molecular weight is 813 g/mol. The van der Waals surface area contributed by atoms with Gasteiger partial charge in [-0.1, -0.05) is 152 Å². The molecule has 11 heteroatoms. The Morgan fingerprint density at radius 2 is 0.982 bits per heavy atom. The maximum atomic E-state index is 12.6. The van der Waals surface area contributed by atoms with Gasteiger partial charge in [-0.05, 0) is 70.6 Å². The van der Waals surface area contributed by atoms with Crippen molar-refractivity contribution in [1.82, 2.24) is 0 Å². The third kappa shape index (κ3) is 40.1. The molecule has 3 unspecified atom stereocenters. The molecule has 0 saturated heterocycles. The average Bonchev–Trinajstić information content (AvgIpc) is 3.19. The zero-order valence-corrected chi connectivity index (χ0v) is 36.2. The molecule has 326 valence electrons. The smallest absolute Gasteiger partial charge is 0.462 e.